The lowest BCUT2D eigenvalue weighted by Gasteiger charge is -2.10. The molecule has 25 heavy (non-hydrogen) atoms. The summed E-state index contributed by atoms with van der Waals surface area (Å²) < 4.78 is 47.0. The van der Waals surface area contributed by atoms with Crippen LogP contribution in [0.4, 0.5) is 10.1 Å². The molecule has 0 aliphatic rings. The molecule has 0 atom stereocenters. The second-order valence-electron chi connectivity index (χ2n) is 5.60. The summed E-state index contributed by atoms with van der Waals surface area (Å²) >= 11 is 3.13. The Morgan fingerprint density at radius 1 is 1.08 bits per heavy atom. The van der Waals surface area contributed by atoms with Gasteiger partial charge in [-0.05, 0) is 55.3 Å². The average Bonchev–Trinajstić information content (AvgIpc) is 2.89. The van der Waals surface area contributed by atoms with Gasteiger partial charge in [-0.2, -0.15) is 0 Å². The zero-order chi connectivity index (χ0) is 18.2. The third-order valence-corrected chi connectivity index (χ3v) is 5.66. The number of anilines is 1. The summed E-state index contributed by atoms with van der Waals surface area (Å²) in [6, 6.07) is 10.5. The summed E-state index contributed by atoms with van der Waals surface area (Å²) in [5.74, 6) is 0.113. The first-order chi connectivity index (χ1) is 11.8. The standard InChI is InChI=1S/C18H15BrFNO3S/c1-11-10-24-12(2)18(11)13-3-6-15(7-4-13)25(22,23)21-17-8-5-14(19)9-16(17)20/h3-10,21H,1-2H3. The second-order valence-corrected chi connectivity index (χ2v) is 8.20. The van der Waals surface area contributed by atoms with Gasteiger partial charge in [0.25, 0.3) is 10.0 Å². The summed E-state index contributed by atoms with van der Waals surface area (Å²) in [5.41, 5.74) is 2.67. The minimum Gasteiger partial charge on any atom is -0.469 e. The first kappa shape index (κ1) is 17.7. The first-order valence-electron chi connectivity index (χ1n) is 7.41. The monoisotopic (exact) mass is 423 g/mol. The summed E-state index contributed by atoms with van der Waals surface area (Å²) in [7, 11) is -3.88. The topological polar surface area (TPSA) is 59.3 Å². The van der Waals surface area contributed by atoms with Gasteiger partial charge in [-0.1, -0.05) is 28.1 Å². The van der Waals surface area contributed by atoms with Gasteiger partial charge in [0.15, 0.2) is 0 Å². The summed E-state index contributed by atoms with van der Waals surface area (Å²) in [5, 5.41) is 0. The van der Waals surface area contributed by atoms with Gasteiger partial charge in [-0.3, -0.25) is 4.72 Å². The van der Waals surface area contributed by atoms with Crippen LogP contribution in [0, 0.1) is 19.7 Å². The fraction of sp³-hybridized carbons (Fsp3) is 0.111. The predicted octanol–water partition coefficient (Wildman–Crippen LogP) is 5.27. The number of hydrogen-bond donors (Lipinski definition) is 1. The van der Waals surface area contributed by atoms with Crippen molar-refractivity contribution in [2.45, 2.75) is 18.7 Å². The number of halogens is 2. The van der Waals surface area contributed by atoms with Crippen molar-refractivity contribution >= 4 is 31.6 Å². The van der Waals surface area contributed by atoms with E-state index in [9.17, 15) is 12.8 Å². The maximum absolute atomic E-state index is 13.9. The maximum Gasteiger partial charge on any atom is 0.261 e. The lowest BCUT2D eigenvalue weighted by molar-refractivity contribution is 0.534. The van der Waals surface area contributed by atoms with Crippen molar-refractivity contribution in [3.05, 3.63) is 70.3 Å². The van der Waals surface area contributed by atoms with Crippen molar-refractivity contribution in [3.63, 3.8) is 0 Å². The molecule has 0 bridgehead atoms. The molecule has 3 rings (SSSR count). The molecule has 0 spiro atoms. The van der Waals surface area contributed by atoms with Gasteiger partial charge in [-0.15, -0.1) is 0 Å². The number of furan rings is 1. The van der Waals surface area contributed by atoms with Crippen LogP contribution >= 0.6 is 15.9 Å². The van der Waals surface area contributed by atoms with Crippen molar-refractivity contribution in [1.82, 2.24) is 0 Å². The number of hydrogen-bond acceptors (Lipinski definition) is 3. The summed E-state index contributed by atoms with van der Waals surface area (Å²) in [6.07, 6.45) is 1.66. The van der Waals surface area contributed by atoms with Crippen LogP contribution in [-0.4, -0.2) is 8.42 Å². The number of nitrogens with one attached hydrogen (secondary N) is 1. The van der Waals surface area contributed by atoms with Crippen LogP contribution in [0.2, 0.25) is 0 Å². The fourth-order valence-electron chi connectivity index (χ4n) is 2.58. The molecular weight excluding hydrogens is 409 g/mol. The molecule has 4 nitrogen and oxygen atoms in total. The van der Waals surface area contributed by atoms with Crippen molar-refractivity contribution in [3.8, 4) is 11.1 Å². The molecule has 0 unspecified atom stereocenters. The highest BCUT2D eigenvalue weighted by Crippen LogP contribution is 2.30. The van der Waals surface area contributed by atoms with E-state index in [1.54, 1.807) is 24.5 Å². The molecule has 1 heterocycles. The second kappa shape index (κ2) is 6.65. The number of sulfonamides is 1. The van der Waals surface area contributed by atoms with Gasteiger partial charge in [-0.25, -0.2) is 12.8 Å². The highest BCUT2D eigenvalue weighted by atomic mass is 79.9. The van der Waals surface area contributed by atoms with E-state index >= 15 is 0 Å². The third kappa shape index (κ3) is 3.62. The van der Waals surface area contributed by atoms with Crippen LogP contribution in [0.25, 0.3) is 11.1 Å². The van der Waals surface area contributed by atoms with E-state index < -0.39 is 15.8 Å². The Hall–Kier alpha value is -2.12. The number of rotatable bonds is 4. The highest BCUT2D eigenvalue weighted by Gasteiger charge is 2.17. The van der Waals surface area contributed by atoms with Gasteiger partial charge in [0.05, 0.1) is 16.8 Å². The van der Waals surface area contributed by atoms with Gasteiger partial charge >= 0.3 is 0 Å². The quantitative estimate of drug-likeness (QED) is 0.621. The number of aryl methyl sites for hydroxylation is 2. The molecule has 0 amide bonds. The van der Waals surface area contributed by atoms with Gasteiger partial charge in [0, 0.05) is 10.0 Å². The molecule has 0 saturated heterocycles. The SMILES string of the molecule is Cc1coc(C)c1-c1ccc(S(=O)(=O)Nc2ccc(Br)cc2F)cc1. The van der Waals surface area contributed by atoms with Crippen molar-refractivity contribution in [2.24, 2.45) is 0 Å². The Labute approximate surface area is 153 Å². The predicted molar refractivity (Wildman–Crippen MR) is 98.5 cm³/mol. The van der Waals surface area contributed by atoms with E-state index in [0.717, 1.165) is 22.5 Å². The highest BCUT2D eigenvalue weighted by molar-refractivity contribution is 9.10. The van der Waals surface area contributed by atoms with E-state index in [4.69, 9.17) is 4.42 Å². The van der Waals surface area contributed by atoms with Crippen LogP contribution in [0.3, 0.4) is 0 Å². The van der Waals surface area contributed by atoms with E-state index in [-0.39, 0.29) is 10.6 Å². The van der Waals surface area contributed by atoms with E-state index in [0.29, 0.717) is 4.47 Å². The van der Waals surface area contributed by atoms with Gasteiger partial charge in [0.2, 0.25) is 0 Å². The molecule has 1 N–H and O–H groups in total. The Kier molecular flexibility index (Phi) is 4.71. The molecule has 1 aromatic heterocycles. The zero-order valence-electron chi connectivity index (χ0n) is 13.5. The minimum absolute atomic E-state index is 0.0531. The molecule has 2 aromatic carbocycles. The molecule has 0 aliphatic heterocycles. The summed E-state index contributed by atoms with van der Waals surface area (Å²) in [4.78, 5) is 0.0531. The lowest BCUT2D eigenvalue weighted by atomic mass is 10.0. The van der Waals surface area contributed by atoms with Gasteiger partial charge in [0.1, 0.15) is 11.6 Å². The molecule has 3 aromatic rings. The largest absolute Gasteiger partial charge is 0.469 e. The average molecular weight is 424 g/mol. The van der Waals surface area contributed by atoms with E-state index in [1.807, 2.05) is 13.8 Å². The molecule has 0 saturated carbocycles. The van der Waals surface area contributed by atoms with Crippen LogP contribution < -0.4 is 4.72 Å². The Morgan fingerprint density at radius 3 is 2.32 bits per heavy atom. The van der Waals surface area contributed by atoms with Crippen LogP contribution in [0.1, 0.15) is 11.3 Å². The van der Waals surface area contributed by atoms with Crippen LogP contribution in [0.15, 0.2) is 62.5 Å². The smallest absolute Gasteiger partial charge is 0.261 e. The Bertz CT molecular complexity index is 1010. The molecule has 130 valence electrons. The fourth-order valence-corrected chi connectivity index (χ4v) is 3.98. The van der Waals surface area contributed by atoms with Gasteiger partial charge < -0.3 is 4.42 Å². The number of benzene rings is 2. The Balaban J connectivity index is 1.91. The zero-order valence-corrected chi connectivity index (χ0v) is 15.9. The molecular formula is C18H15BrFNO3S. The molecule has 0 fully saturated rings. The van der Waals surface area contributed by atoms with E-state index in [1.165, 1.54) is 24.3 Å². The van der Waals surface area contributed by atoms with Crippen molar-refractivity contribution in [1.29, 1.82) is 0 Å². The van der Waals surface area contributed by atoms with Crippen molar-refractivity contribution in [2.75, 3.05) is 4.72 Å². The van der Waals surface area contributed by atoms with Crippen LogP contribution in [-0.2, 0) is 10.0 Å². The van der Waals surface area contributed by atoms with Crippen molar-refractivity contribution < 1.29 is 17.2 Å². The van der Waals surface area contributed by atoms with Crippen LogP contribution in [0.5, 0.6) is 0 Å². The minimum atomic E-state index is -3.88. The molecule has 7 heteroatoms. The maximum atomic E-state index is 13.9. The normalized spacial score (nSPS) is 11.5. The summed E-state index contributed by atoms with van der Waals surface area (Å²) in [6.45, 7) is 3.78. The third-order valence-electron chi connectivity index (χ3n) is 3.79. The Morgan fingerprint density at radius 2 is 1.76 bits per heavy atom. The molecule has 0 aliphatic carbocycles. The first-order valence-corrected chi connectivity index (χ1v) is 9.68. The van der Waals surface area contributed by atoms with E-state index in [2.05, 4.69) is 20.7 Å². The lowest BCUT2D eigenvalue weighted by Crippen LogP contribution is -2.13. The molecule has 0 radical (unpaired) electrons.